The van der Waals surface area contributed by atoms with Gasteiger partial charge < -0.3 is 14.8 Å². The number of rotatable bonds is 6. The van der Waals surface area contributed by atoms with Crippen LogP contribution in [0.2, 0.25) is 0 Å². The number of hydrogen-bond acceptors (Lipinski definition) is 5. The predicted molar refractivity (Wildman–Crippen MR) is 97.3 cm³/mol. The van der Waals surface area contributed by atoms with Crippen molar-refractivity contribution in [1.29, 1.82) is 0 Å². The van der Waals surface area contributed by atoms with Crippen LogP contribution >= 0.6 is 0 Å². The number of esters is 1. The lowest BCUT2D eigenvalue weighted by molar-refractivity contribution is -0.690. The number of nitrogens with two attached hydrogens (primary N) is 1. The molecule has 1 aliphatic heterocycles. The third-order valence-electron chi connectivity index (χ3n) is 4.53. The Morgan fingerprint density at radius 2 is 1.74 bits per heavy atom. The molecule has 1 saturated heterocycles. The van der Waals surface area contributed by atoms with Crippen LogP contribution in [0, 0.1) is 0 Å². The molecule has 2 aromatic carbocycles. The highest BCUT2D eigenvalue weighted by Crippen LogP contribution is 2.22. The second-order valence-electron chi connectivity index (χ2n) is 6.20. The zero-order chi connectivity index (χ0) is 19.4. The number of benzene rings is 2. The molecule has 1 atom stereocenters. The van der Waals surface area contributed by atoms with Crippen LogP contribution in [-0.2, 0) is 20.9 Å². The second-order valence-corrected chi connectivity index (χ2v) is 6.20. The fraction of sp³-hybridized carbons (Fsp3) is 0.250. The third-order valence-corrected chi connectivity index (χ3v) is 4.53. The fourth-order valence-corrected chi connectivity index (χ4v) is 3.02. The average Bonchev–Trinajstić information content (AvgIpc) is 2.99. The Hall–Kier alpha value is -3.19. The maximum absolute atomic E-state index is 12.7. The molecule has 2 amide bonds. The van der Waals surface area contributed by atoms with Gasteiger partial charge >= 0.3 is 5.97 Å². The molecule has 7 heteroatoms. The van der Waals surface area contributed by atoms with Gasteiger partial charge in [-0.15, -0.1) is 0 Å². The first-order valence-corrected chi connectivity index (χ1v) is 8.55. The molecule has 0 aromatic heterocycles. The summed E-state index contributed by atoms with van der Waals surface area (Å²) in [7, 11) is 2.91. The van der Waals surface area contributed by atoms with Crippen LogP contribution in [0.25, 0.3) is 0 Å². The van der Waals surface area contributed by atoms with Crippen LogP contribution < -0.4 is 15.0 Å². The van der Waals surface area contributed by atoms with Crippen molar-refractivity contribution in [3.05, 3.63) is 59.7 Å². The molecule has 0 saturated carbocycles. The molecule has 1 heterocycles. The van der Waals surface area contributed by atoms with Crippen LogP contribution in [0.5, 0.6) is 5.75 Å². The van der Waals surface area contributed by atoms with E-state index in [-0.39, 0.29) is 18.2 Å². The van der Waals surface area contributed by atoms with E-state index in [1.807, 2.05) is 29.6 Å². The van der Waals surface area contributed by atoms with E-state index >= 15 is 0 Å². The molecule has 27 heavy (non-hydrogen) atoms. The SMILES string of the molecule is COC(=O)c1ccc(N2C(=O)C[C@H]([NH2+]Cc3ccc(OC)cc3)C2=O)cc1. The minimum absolute atomic E-state index is 0.147. The second kappa shape index (κ2) is 8.01. The van der Waals surface area contributed by atoms with Crippen LogP contribution in [0.3, 0.4) is 0 Å². The molecular weight excluding hydrogens is 348 g/mol. The summed E-state index contributed by atoms with van der Waals surface area (Å²) in [5.74, 6) is -0.195. The lowest BCUT2D eigenvalue weighted by atomic mass is 10.2. The van der Waals surface area contributed by atoms with Crippen LogP contribution in [0.4, 0.5) is 5.69 Å². The summed E-state index contributed by atoms with van der Waals surface area (Å²) in [6, 6.07) is 13.4. The van der Waals surface area contributed by atoms with E-state index in [1.54, 1.807) is 19.2 Å². The number of amides is 2. The number of imide groups is 1. The predicted octanol–water partition coefficient (Wildman–Crippen LogP) is 0.877. The fourth-order valence-electron chi connectivity index (χ4n) is 3.02. The highest BCUT2D eigenvalue weighted by atomic mass is 16.5. The van der Waals surface area contributed by atoms with E-state index in [1.165, 1.54) is 24.1 Å². The van der Waals surface area contributed by atoms with E-state index in [0.29, 0.717) is 17.8 Å². The molecule has 140 valence electrons. The first kappa shape index (κ1) is 18.6. The molecule has 0 bridgehead atoms. The number of hydrogen-bond donors (Lipinski definition) is 1. The van der Waals surface area contributed by atoms with Crippen molar-refractivity contribution in [3.8, 4) is 5.75 Å². The molecule has 0 spiro atoms. The Balaban J connectivity index is 1.66. The molecule has 1 fully saturated rings. The summed E-state index contributed by atoms with van der Waals surface area (Å²) in [5, 5.41) is 1.87. The van der Waals surface area contributed by atoms with Gasteiger partial charge in [0.05, 0.1) is 31.9 Å². The monoisotopic (exact) mass is 369 g/mol. The normalized spacial score (nSPS) is 16.5. The first-order valence-electron chi connectivity index (χ1n) is 8.55. The number of carbonyl (C=O) groups is 3. The Kier molecular flexibility index (Phi) is 5.52. The number of carbonyl (C=O) groups excluding carboxylic acids is 3. The van der Waals surface area contributed by atoms with Gasteiger partial charge in [-0.05, 0) is 48.5 Å². The number of anilines is 1. The van der Waals surface area contributed by atoms with Crippen molar-refractivity contribution in [1.82, 2.24) is 0 Å². The molecule has 3 rings (SSSR count). The van der Waals surface area contributed by atoms with E-state index in [0.717, 1.165) is 11.3 Å². The Morgan fingerprint density at radius 3 is 2.33 bits per heavy atom. The van der Waals surface area contributed by atoms with Gasteiger partial charge in [-0.25, -0.2) is 9.69 Å². The molecule has 0 unspecified atom stereocenters. The standard InChI is InChI=1S/C20H20N2O5/c1-26-16-9-3-13(4-10-16)12-21-17-11-18(23)22(19(17)24)15-7-5-14(6-8-15)20(25)27-2/h3-10,17,21H,11-12H2,1-2H3/p+1/t17-/m0/s1. The van der Waals surface area contributed by atoms with Gasteiger partial charge in [0, 0.05) is 5.56 Å². The molecule has 2 N–H and O–H groups in total. The Labute approximate surface area is 156 Å². The maximum atomic E-state index is 12.7. The summed E-state index contributed by atoms with van der Waals surface area (Å²) in [4.78, 5) is 37.7. The lowest BCUT2D eigenvalue weighted by Crippen LogP contribution is -2.90. The van der Waals surface area contributed by atoms with E-state index in [2.05, 4.69) is 4.74 Å². The van der Waals surface area contributed by atoms with Gasteiger partial charge in [0.1, 0.15) is 12.3 Å². The van der Waals surface area contributed by atoms with E-state index in [9.17, 15) is 14.4 Å². The number of ether oxygens (including phenoxy) is 2. The number of methoxy groups -OCH3 is 2. The zero-order valence-corrected chi connectivity index (χ0v) is 15.2. The van der Waals surface area contributed by atoms with E-state index < -0.39 is 12.0 Å². The van der Waals surface area contributed by atoms with Gasteiger partial charge in [0.15, 0.2) is 6.04 Å². The number of quaternary nitrogens is 1. The van der Waals surface area contributed by atoms with Crippen LogP contribution in [-0.4, -0.2) is 38.0 Å². The minimum atomic E-state index is -0.466. The van der Waals surface area contributed by atoms with Crippen LogP contribution in [0.15, 0.2) is 48.5 Å². The van der Waals surface area contributed by atoms with Crippen molar-refractivity contribution < 1.29 is 29.2 Å². The molecule has 1 aliphatic rings. The molecule has 7 nitrogen and oxygen atoms in total. The zero-order valence-electron chi connectivity index (χ0n) is 15.2. The van der Waals surface area contributed by atoms with Gasteiger partial charge in [-0.2, -0.15) is 0 Å². The quantitative estimate of drug-likeness (QED) is 0.603. The van der Waals surface area contributed by atoms with Crippen molar-refractivity contribution in [2.24, 2.45) is 0 Å². The van der Waals surface area contributed by atoms with Crippen molar-refractivity contribution in [3.63, 3.8) is 0 Å². The highest BCUT2D eigenvalue weighted by molar-refractivity contribution is 6.21. The minimum Gasteiger partial charge on any atom is -0.497 e. The first-order chi connectivity index (χ1) is 13.0. The van der Waals surface area contributed by atoms with Crippen LogP contribution in [0.1, 0.15) is 22.3 Å². The Bertz CT molecular complexity index is 846. The van der Waals surface area contributed by atoms with Gasteiger partial charge in [0.2, 0.25) is 5.91 Å². The molecular formula is C20H21N2O5+. The maximum Gasteiger partial charge on any atom is 0.337 e. The highest BCUT2D eigenvalue weighted by Gasteiger charge is 2.42. The van der Waals surface area contributed by atoms with Gasteiger partial charge in [-0.1, -0.05) is 0 Å². The largest absolute Gasteiger partial charge is 0.497 e. The molecule has 2 aromatic rings. The third kappa shape index (κ3) is 3.98. The van der Waals surface area contributed by atoms with Gasteiger partial charge in [-0.3, -0.25) is 9.59 Å². The van der Waals surface area contributed by atoms with Crippen molar-refractivity contribution >= 4 is 23.5 Å². The molecule has 0 aliphatic carbocycles. The topological polar surface area (TPSA) is 89.5 Å². The summed E-state index contributed by atoms with van der Waals surface area (Å²) < 4.78 is 9.78. The average molecular weight is 369 g/mol. The smallest absolute Gasteiger partial charge is 0.337 e. The summed E-state index contributed by atoms with van der Waals surface area (Å²) in [5.41, 5.74) is 1.86. The summed E-state index contributed by atoms with van der Waals surface area (Å²) in [6.07, 6.45) is 0.147. The summed E-state index contributed by atoms with van der Waals surface area (Å²) >= 11 is 0. The number of nitrogens with zero attached hydrogens (tertiary/aromatic N) is 1. The lowest BCUT2D eigenvalue weighted by Gasteiger charge is -2.14. The van der Waals surface area contributed by atoms with E-state index in [4.69, 9.17) is 4.74 Å². The van der Waals surface area contributed by atoms with Crippen molar-refractivity contribution in [2.45, 2.75) is 19.0 Å². The molecule has 0 radical (unpaired) electrons. The van der Waals surface area contributed by atoms with Crippen molar-refractivity contribution in [2.75, 3.05) is 19.1 Å². The van der Waals surface area contributed by atoms with Gasteiger partial charge in [0.25, 0.3) is 5.91 Å². The summed E-state index contributed by atoms with van der Waals surface area (Å²) in [6.45, 7) is 0.586. The Morgan fingerprint density at radius 1 is 1.07 bits per heavy atom.